The quantitative estimate of drug-likeness (QED) is 0.764. The average Bonchev–Trinajstić information content (AvgIpc) is 3.07. The maximum atomic E-state index is 13.2. The van der Waals surface area contributed by atoms with Gasteiger partial charge in [-0.05, 0) is 63.0 Å². The SMILES string of the molecule is CC1(C)CC(NS(=O)(=O)c2ccc(N3CCOCC3)c3nonc23)CC(C)(C)N1. The number of hydrogen-bond acceptors (Lipinski definition) is 8. The molecule has 0 amide bonds. The van der Waals surface area contributed by atoms with Crippen LogP contribution in [0.5, 0.6) is 0 Å². The molecule has 1 aromatic heterocycles. The Hall–Kier alpha value is -1.75. The van der Waals surface area contributed by atoms with Crippen LogP contribution in [0, 0.1) is 0 Å². The van der Waals surface area contributed by atoms with Crippen molar-refractivity contribution in [1.82, 2.24) is 20.4 Å². The van der Waals surface area contributed by atoms with Crippen LogP contribution in [-0.2, 0) is 14.8 Å². The van der Waals surface area contributed by atoms with Crippen molar-refractivity contribution in [3.63, 3.8) is 0 Å². The predicted octanol–water partition coefficient (Wildman–Crippen LogP) is 1.65. The van der Waals surface area contributed by atoms with Gasteiger partial charge >= 0.3 is 0 Å². The third kappa shape index (κ3) is 4.25. The third-order valence-corrected chi connectivity index (χ3v) is 7.06. The molecule has 2 N–H and O–H groups in total. The molecule has 2 aliphatic rings. The highest BCUT2D eigenvalue weighted by molar-refractivity contribution is 7.89. The van der Waals surface area contributed by atoms with Crippen LogP contribution in [0.1, 0.15) is 40.5 Å². The summed E-state index contributed by atoms with van der Waals surface area (Å²) in [5.41, 5.74) is 1.20. The Kier molecular flexibility index (Phi) is 5.09. The molecule has 9 nitrogen and oxygen atoms in total. The van der Waals surface area contributed by atoms with Crippen molar-refractivity contribution >= 4 is 26.7 Å². The van der Waals surface area contributed by atoms with Crippen LogP contribution in [0.2, 0.25) is 0 Å². The lowest BCUT2D eigenvalue weighted by molar-refractivity contribution is 0.123. The van der Waals surface area contributed by atoms with Crippen LogP contribution < -0.4 is 14.9 Å². The molecule has 0 unspecified atom stereocenters. The molecule has 0 radical (unpaired) electrons. The van der Waals surface area contributed by atoms with Crippen LogP contribution in [0.3, 0.4) is 0 Å². The van der Waals surface area contributed by atoms with Gasteiger partial charge in [0.05, 0.1) is 18.9 Å². The Morgan fingerprint density at radius 1 is 1.07 bits per heavy atom. The molecular formula is C19H29N5O4S. The first-order valence-corrected chi connectivity index (χ1v) is 11.4. The maximum Gasteiger partial charge on any atom is 0.243 e. The molecule has 3 heterocycles. The van der Waals surface area contributed by atoms with Gasteiger partial charge < -0.3 is 15.0 Å². The fourth-order valence-electron chi connectivity index (χ4n) is 4.80. The smallest absolute Gasteiger partial charge is 0.243 e. The number of sulfonamides is 1. The first-order valence-electron chi connectivity index (χ1n) is 9.96. The highest BCUT2D eigenvalue weighted by atomic mass is 32.2. The van der Waals surface area contributed by atoms with Crippen LogP contribution >= 0.6 is 0 Å². The van der Waals surface area contributed by atoms with E-state index in [1.165, 1.54) is 0 Å². The van der Waals surface area contributed by atoms with Crippen LogP contribution in [0.25, 0.3) is 11.0 Å². The highest BCUT2D eigenvalue weighted by Gasteiger charge is 2.39. The van der Waals surface area contributed by atoms with Crippen molar-refractivity contribution in [1.29, 1.82) is 0 Å². The summed E-state index contributed by atoms with van der Waals surface area (Å²) < 4.78 is 39.7. The molecule has 0 atom stereocenters. The number of piperidine rings is 1. The van der Waals surface area contributed by atoms with Crippen molar-refractivity contribution in [2.75, 3.05) is 31.2 Å². The number of nitrogens with zero attached hydrogens (tertiary/aromatic N) is 3. The third-order valence-electron chi connectivity index (χ3n) is 5.51. The molecule has 160 valence electrons. The lowest BCUT2D eigenvalue weighted by Crippen LogP contribution is -2.62. The average molecular weight is 424 g/mol. The number of aromatic nitrogens is 2. The van der Waals surface area contributed by atoms with E-state index in [2.05, 4.69) is 52.9 Å². The van der Waals surface area contributed by atoms with E-state index in [4.69, 9.17) is 9.37 Å². The van der Waals surface area contributed by atoms with Crippen molar-refractivity contribution in [3.8, 4) is 0 Å². The second kappa shape index (κ2) is 7.19. The molecule has 2 aliphatic heterocycles. The number of fused-ring (bicyclic) bond motifs is 1. The molecule has 0 bridgehead atoms. The highest BCUT2D eigenvalue weighted by Crippen LogP contribution is 2.32. The Morgan fingerprint density at radius 3 is 2.34 bits per heavy atom. The van der Waals surface area contributed by atoms with E-state index in [1.807, 2.05) is 0 Å². The molecule has 0 aliphatic carbocycles. The zero-order valence-electron chi connectivity index (χ0n) is 17.4. The maximum absolute atomic E-state index is 13.2. The molecule has 10 heteroatoms. The molecule has 29 heavy (non-hydrogen) atoms. The van der Waals surface area contributed by atoms with E-state index in [0.717, 1.165) is 5.69 Å². The summed E-state index contributed by atoms with van der Waals surface area (Å²) in [6.45, 7) is 11.0. The van der Waals surface area contributed by atoms with Gasteiger partial charge in [-0.15, -0.1) is 0 Å². The minimum absolute atomic E-state index is 0.0971. The zero-order valence-corrected chi connectivity index (χ0v) is 18.2. The Morgan fingerprint density at radius 2 is 1.69 bits per heavy atom. The molecule has 2 fully saturated rings. The zero-order chi connectivity index (χ0) is 20.9. The van der Waals surface area contributed by atoms with Crippen molar-refractivity contribution in [3.05, 3.63) is 12.1 Å². The lowest BCUT2D eigenvalue weighted by atomic mass is 9.80. The number of nitrogens with one attached hydrogen (secondary N) is 2. The summed E-state index contributed by atoms with van der Waals surface area (Å²) in [5.74, 6) is 0. The summed E-state index contributed by atoms with van der Waals surface area (Å²) in [7, 11) is -3.79. The number of anilines is 1. The van der Waals surface area contributed by atoms with Crippen molar-refractivity contribution in [2.45, 2.75) is 62.6 Å². The number of hydrogen-bond donors (Lipinski definition) is 2. The van der Waals surface area contributed by atoms with Gasteiger partial charge in [-0.3, -0.25) is 0 Å². The van der Waals surface area contributed by atoms with E-state index in [-0.39, 0.29) is 27.5 Å². The standard InChI is InChI=1S/C19H29N5O4S/c1-18(2)11-13(12-19(3,4)23-18)22-29(25,26)15-6-5-14(16-17(15)21-28-20-16)24-7-9-27-10-8-24/h5-6,13,22-23H,7-12H2,1-4H3. The van der Waals surface area contributed by atoms with E-state index in [9.17, 15) is 8.42 Å². The first kappa shape index (κ1) is 20.5. The summed E-state index contributed by atoms with van der Waals surface area (Å²) in [6, 6.07) is 3.19. The first-order chi connectivity index (χ1) is 13.6. The molecule has 2 saturated heterocycles. The monoisotopic (exact) mass is 423 g/mol. The minimum atomic E-state index is -3.79. The Bertz CT molecular complexity index is 979. The fraction of sp³-hybridized carbons (Fsp3) is 0.684. The van der Waals surface area contributed by atoms with Crippen LogP contribution in [-0.4, -0.2) is 62.2 Å². The summed E-state index contributed by atoms with van der Waals surface area (Å²) in [5, 5.41) is 11.5. The van der Waals surface area contributed by atoms with Gasteiger partial charge in [0.1, 0.15) is 4.90 Å². The Balaban J connectivity index is 1.64. The number of morpholine rings is 1. The van der Waals surface area contributed by atoms with E-state index in [1.54, 1.807) is 12.1 Å². The van der Waals surface area contributed by atoms with Gasteiger partial charge in [-0.25, -0.2) is 17.8 Å². The topological polar surface area (TPSA) is 110 Å². The van der Waals surface area contributed by atoms with Gasteiger partial charge in [-0.1, -0.05) is 0 Å². The molecule has 4 rings (SSSR count). The molecule has 0 saturated carbocycles. The molecule has 2 aromatic rings. The largest absolute Gasteiger partial charge is 0.378 e. The van der Waals surface area contributed by atoms with Gasteiger partial charge in [0.25, 0.3) is 0 Å². The number of rotatable bonds is 4. The van der Waals surface area contributed by atoms with Gasteiger partial charge in [-0.2, -0.15) is 0 Å². The second-order valence-corrected chi connectivity index (χ2v) is 10.9. The van der Waals surface area contributed by atoms with Gasteiger partial charge in [0.2, 0.25) is 10.0 Å². The summed E-state index contributed by atoms with van der Waals surface area (Å²) in [6.07, 6.45) is 1.39. The van der Waals surface area contributed by atoms with E-state index in [0.29, 0.717) is 44.7 Å². The van der Waals surface area contributed by atoms with E-state index >= 15 is 0 Å². The van der Waals surface area contributed by atoms with Crippen LogP contribution in [0.4, 0.5) is 5.69 Å². The number of benzene rings is 1. The normalized spacial score (nSPS) is 22.8. The minimum Gasteiger partial charge on any atom is -0.378 e. The van der Waals surface area contributed by atoms with Crippen molar-refractivity contribution in [2.24, 2.45) is 0 Å². The molecule has 0 spiro atoms. The van der Waals surface area contributed by atoms with Crippen molar-refractivity contribution < 1.29 is 17.8 Å². The van der Waals surface area contributed by atoms with Crippen LogP contribution in [0.15, 0.2) is 21.7 Å². The lowest BCUT2D eigenvalue weighted by Gasteiger charge is -2.46. The second-order valence-electron chi connectivity index (χ2n) is 9.26. The summed E-state index contributed by atoms with van der Waals surface area (Å²) >= 11 is 0. The summed E-state index contributed by atoms with van der Waals surface area (Å²) in [4.78, 5) is 2.21. The van der Waals surface area contributed by atoms with E-state index < -0.39 is 10.0 Å². The fourth-order valence-corrected chi connectivity index (χ4v) is 6.16. The predicted molar refractivity (Wildman–Crippen MR) is 109 cm³/mol. The van der Waals surface area contributed by atoms with Gasteiger partial charge in [0, 0.05) is 30.2 Å². The molecular weight excluding hydrogens is 394 g/mol. The molecule has 1 aromatic carbocycles. The number of ether oxygens (including phenoxy) is 1. The Labute approximate surface area is 171 Å². The van der Waals surface area contributed by atoms with Gasteiger partial charge in [0.15, 0.2) is 11.0 Å².